The molecule has 3 unspecified atom stereocenters. The molecule has 15 heavy (non-hydrogen) atoms. The third kappa shape index (κ3) is 2.53. The highest BCUT2D eigenvalue weighted by Crippen LogP contribution is 2.14. The van der Waals surface area contributed by atoms with Crippen LogP contribution in [0, 0.1) is 0 Å². The van der Waals surface area contributed by atoms with E-state index in [0.29, 0.717) is 13.2 Å². The largest absolute Gasteiger partial charge is 0.389 e. The molecule has 1 aliphatic rings. The molecule has 1 aromatic rings. The molecule has 0 radical (unpaired) electrons. The molecule has 1 saturated heterocycles. The number of nitrogens with zero attached hydrogens (tertiary/aromatic N) is 1. The number of pyridine rings is 1. The van der Waals surface area contributed by atoms with E-state index >= 15 is 0 Å². The lowest BCUT2D eigenvalue weighted by Gasteiger charge is -2.20. The Bertz CT molecular complexity index is 305. The fraction of sp³-hybridized carbons (Fsp3) is 0.545. The number of rotatable bonds is 3. The number of nitrogens with one attached hydrogen (secondary N) is 1. The van der Waals surface area contributed by atoms with Crippen molar-refractivity contribution in [2.24, 2.45) is 0 Å². The Balaban J connectivity index is 1.95. The normalized spacial score (nSPS) is 27.9. The van der Waals surface area contributed by atoms with Gasteiger partial charge in [0.15, 0.2) is 0 Å². The average molecular weight is 208 g/mol. The smallest absolute Gasteiger partial charge is 0.0948 e. The van der Waals surface area contributed by atoms with Gasteiger partial charge in [0, 0.05) is 18.4 Å². The first kappa shape index (κ1) is 10.5. The molecule has 1 fully saturated rings. The quantitative estimate of drug-likeness (QED) is 0.759. The predicted molar refractivity (Wildman–Crippen MR) is 56.4 cm³/mol. The van der Waals surface area contributed by atoms with E-state index in [9.17, 15) is 5.11 Å². The van der Waals surface area contributed by atoms with Crippen LogP contribution in [0.25, 0.3) is 0 Å². The van der Waals surface area contributed by atoms with Gasteiger partial charge in [-0.25, -0.2) is 0 Å². The number of hydrogen-bond acceptors (Lipinski definition) is 4. The van der Waals surface area contributed by atoms with Crippen LogP contribution in [0.5, 0.6) is 0 Å². The third-order valence-corrected chi connectivity index (χ3v) is 2.72. The zero-order valence-corrected chi connectivity index (χ0v) is 8.76. The molecule has 0 bridgehead atoms. The zero-order chi connectivity index (χ0) is 10.7. The Hall–Kier alpha value is -0.970. The molecule has 2 rings (SSSR count). The average Bonchev–Trinajstić information content (AvgIpc) is 2.66. The van der Waals surface area contributed by atoms with E-state index in [1.165, 1.54) is 5.56 Å². The molecule has 1 aromatic heterocycles. The molecule has 0 aliphatic carbocycles. The molecule has 4 heteroatoms. The summed E-state index contributed by atoms with van der Waals surface area (Å²) in [4.78, 5) is 3.97. The minimum Gasteiger partial charge on any atom is -0.389 e. The van der Waals surface area contributed by atoms with Crippen LogP contribution in [0.1, 0.15) is 18.5 Å². The van der Waals surface area contributed by atoms with Gasteiger partial charge >= 0.3 is 0 Å². The van der Waals surface area contributed by atoms with Gasteiger partial charge in [-0.1, -0.05) is 0 Å². The van der Waals surface area contributed by atoms with Gasteiger partial charge in [0.1, 0.15) is 0 Å². The van der Waals surface area contributed by atoms with E-state index in [1.807, 2.05) is 12.1 Å². The Morgan fingerprint density at radius 1 is 1.47 bits per heavy atom. The Labute approximate surface area is 89.3 Å². The first-order chi connectivity index (χ1) is 7.27. The highest BCUT2D eigenvalue weighted by molar-refractivity contribution is 5.14. The summed E-state index contributed by atoms with van der Waals surface area (Å²) >= 11 is 0. The van der Waals surface area contributed by atoms with E-state index in [4.69, 9.17) is 4.74 Å². The molecular formula is C11H16N2O2. The molecule has 0 spiro atoms. The third-order valence-electron chi connectivity index (χ3n) is 2.72. The summed E-state index contributed by atoms with van der Waals surface area (Å²) in [6.45, 7) is 3.08. The second-order valence-corrected chi connectivity index (χ2v) is 3.88. The van der Waals surface area contributed by atoms with Crippen LogP contribution >= 0.6 is 0 Å². The number of aliphatic hydroxyl groups excluding tert-OH is 1. The first-order valence-electron chi connectivity index (χ1n) is 5.19. The topological polar surface area (TPSA) is 54.4 Å². The van der Waals surface area contributed by atoms with Crippen molar-refractivity contribution in [3.05, 3.63) is 30.1 Å². The van der Waals surface area contributed by atoms with Crippen molar-refractivity contribution in [1.29, 1.82) is 0 Å². The Morgan fingerprint density at radius 3 is 2.80 bits per heavy atom. The lowest BCUT2D eigenvalue weighted by atomic mass is 10.1. The van der Waals surface area contributed by atoms with Crippen LogP contribution in [0.15, 0.2) is 24.5 Å². The summed E-state index contributed by atoms with van der Waals surface area (Å²) < 4.78 is 5.18. The minimum absolute atomic E-state index is 0.0353. The van der Waals surface area contributed by atoms with Crippen molar-refractivity contribution in [3.8, 4) is 0 Å². The summed E-state index contributed by atoms with van der Waals surface area (Å²) in [5.41, 5.74) is 1.17. The van der Waals surface area contributed by atoms with Crippen LogP contribution < -0.4 is 5.32 Å². The van der Waals surface area contributed by atoms with Crippen molar-refractivity contribution < 1.29 is 9.84 Å². The SMILES string of the molecule is CC(NC1COCC1O)c1ccncc1. The summed E-state index contributed by atoms with van der Waals surface area (Å²) in [5, 5.41) is 12.9. The van der Waals surface area contributed by atoms with Gasteiger partial charge < -0.3 is 15.2 Å². The standard InChI is InChI=1S/C11H16N2O2/c1-8(9-2-4-12-5-3-9)13-10-6-15-7-11(10)14/h2-5,8,10-11,13-14H,6-7H2,1H3. The van der Waals surface area contributed by atoms with Crippen LogP contribution in [0.2, 0.25) is 0 Å². The monoisotopic (exact) mass is 208 g/mol. The van der Waals surface area contributed by atoms with E-state index in [-0.39, 0.29) is 12.1 Å². The maximum Gasteiger partial charge on any atom is 0.0948 e. The van der Waals surface area contributed by atoms with E-state index in [1.54, 1.807) is 12.4 Å². The maximum atomic E-state index is 9.58. The van der Waals surface area contributed by atoms with Gasteiger partial charge in [-0.05, 0) is 24.6 Å². The van der Waals surface area contributed by atoms with E-state index in [2.05, 4.69) is 17.2 Å². The van der Waals surface area contributed by atoms with E-state index in [0.717, 1.165) is 0 Å². The lowest BCUT2D eigenvalue weighted by molar-refractivity contribution is 0.121. The van der Waals surface area contributed by atoms with Crippen molar-refractivity contribution >= 4 is 0 Å². The van der Waals surface area contributed by atoms with Gasteiger partial charge in [-0.15, -0.1) is 0 Å². The predicted octanol–water partition coefficient (Wildman–Crippen LogP) is 0.492. The highest BCUT2D eigenvalue weighted by Gasteiger charge is 2.27. The molecule has 2 heterocycles. The Morgan fingerprint density at radius 2 is 2.20 bits per heavy atom. The maximum absolute atomic E-state index is 9.58. The molecule has 82 valence electrons. The summed E-state index contributed by atoms with van der Waals surface area (Å²) in [5.74, 6) is 0. The lowest BCUT2D eigenvalue weighted by Crippen LogP contribution is -2.40. The first-order valence-corrected chi connectivity index (χ1v) is 5.19. The van der Waals surface area contributed by atoms with Gasteiger partial charge in [-0.3, -0.25) is 4.98 Å². The van der Waals surface area contributed by atoms with Crippen molar-refractivity contribution in [1.82, 2.24) is 10.3 Å². The fourth-order valence-corrected chi connectivity index (χ4v) is 1.77. The van der Waals surface area contributed by atoms with Crippen molar-refractivity contribution in [2.45, 2.75) is 25.1 Å². The molecular weight excluding hydrogens is 192 g/mol. The summed E-state index contributed by atoms with van der Waals surface area (Å²) in [7, 11) is 0. The van der Waals surface area contributed by atoms with Crippen LogP contribution in [-0.4, -0.2) is 35.5 Å². The highest BCUT2D eigenvalue weighted by atomic mass is 16.5. The second kappa shape index (κ2) is 4.70. The number of aromatic nitrogens is 1. The number of ether oxygens (including phenoxy) is 1. The number of aliphatic hydroxyl groups is 1. The van der Waals surface area contributed by atoms with Crippen LogP contribution in [-0.2, 0) is 4.74 Å². The minimum atomic E-state index is -0.394. The van der Waals surface area contributed by atoms with Gasteiger partial charge in [0.05, 0.1) is 25.4 Å². The molecule has 3 atom stereocenters. The van der Waals surface area contributed by atoms with Gasteiger partial charge in [0.2, 0.25) is 0 Å². The summed E-state index contributed by atoms with van der Waals surface area (Å²) in [6.07, 6.45) is 3.15. The molecule has 0 amide bonds. The fourth-order valence-electron chi connectivity index (χ4n) is 1.77. The van der Waals surface area contributed by atoms with Crippen LogP contribution in [0.4, 0.5) is 0 Å². The van der Waals surface area contributed by atoms with Crippen molar-refractivity contribution in [2.75, 3.05) is 13.2 Å². The molecule has 0 aromatic carbocycles. The van der Waals surface area contributed by atoms with Crippen molar-refractivity contribution in [3.63, 3.8) is 0 Å². The molecule has 2 N–H and O–H groups in total. The molecule has 4 nitrogen and oxygen atoms in total. The Kier molecular flexibility index (Phi) is 3.30. The summed E-state index contributed by atoms with van der Waals surface area (Å²) in [6, 6.07) is 4.18. The van der Waals surface area contributed by atoms with Crippen LogP contribution in [0.3, 0.4) is 0 Å². The second-order valence-electron chi connectivity index (χ2n) is 3.88. The van der Waals surface area contributed by atoms with E-state index < -0.39 is 6.10 Å². The number of hydrogen-bond donors (Lipinski definition) is 2. The zero-order valence-electron chi connectivity index (χ0n) is 8.76. The van der Waals surface area contributed by atoms with Gasteiger partial charge in [-0.2, -0.15) is 0 Å². The van der Waals surface area contributed by atoms with Gasteiger partial charge in [0.25, 0.3) is 0 Å². The molecule has 0 saturated carbocycles. The molecule has 1 aliphatic heterocycles.